The molecule has 0 N–H and O–H groups in total. The standard InChI is InChI=1S/C61H40N2/c1-5-20-42(21-6-1)56-40-57(43-22-7-2-8-23-43)63-60(62-56)55-38-37-48(51-31-15-16-32-52(51)55)44-24-17-25-45(39-44)50-33-18-34-53-54-36-35-41-19-13-14-30-49(41)58(54)61(59(50)53,46-26-9-3-10-27-46)47-28-11-4-12-29-47/h1-40H. The Hall–Kier alpha value is -8.20. The molecule has 1 aliphatic carbocycles. The second kappa shape index (κ2) is 15.1. The number of hydrogen-bond donors (Lipinski definition) is 0. The zero-order valence-corrected chi connectivity index (χ0v) is 34.5. The fourth-order valence-electron chi connectivity index (χ4n) is 10.2. The number of hydrogen-bond acceptors (Lipinski definition) is 2. The molecule has 294 valence electrons. The van der Waals surface area contributed by atoms with Gasteiger partial charge in [-0.2, -0.15) is 0 Å². The lowest BCUT2D eigenvalue weighted by molar-refractivity contribution is 0.777. The highest BCUT2D eigenvalue weighted by Gasteiger charge is 2.48. The quantitative estimate of drug-likeness (QED) is 0.160. The zero-order valence-electron chi connectivity index (χ0n) is 34.5. The molecular formula is C61H40N2. The number of fused-ring (bicyclic) bond motifs is 6. The van der Waals surface area contributed by atoms with Crippen LogP contribution in [0.15, 0.2) is 243 Å². The van der Waals surface area contributed by atoms with Crippen molar-refractivity contribution in [2.75, 3.05) is 0 Å². The molecule has 0 fully saturated rings. The predicted molar refractivity (Wildman–Crippen MR) is 262 cm³/mol. The van der Waals surface area contributed by atoms with Crippen LogP contribution in [0.1, 0.15) is 22.3 Å². The molecule has 0 unspecified atom stereocenters. The molecule has 0 amide bonds. The second-order valence-electron chi connectivity index (χ2n) is 16.4. The van der Waals surface area contributed by atoms with Crippen LogP contribution >= 0.6 is 0 Å². The van der Waals surface area contributed by atoms with Crippen LogP contribution in [0.3, 0.4) is 0 Å². The summed E-state index contributed by atoms with van der Waals surface area (Å²) in [7, 11) is 0. The van der Waals surface area contributed by atoms with Gasteiger partial charge in [0.15, 0.2) is 5.82 Å². The number of aromatic nitrogens is 2. The highest BCUT2D eigenvalue weighted by molar-refractivity contribution is 6.06. The maximum absolute atomic E-state index is 5.23. The third-order valence-electron chi connectivity index (χ3n) is 13.0. The van der Waals surface area contributed by atoms with Gasteiger partial charge >= 0.3 is 0 Å². The van der Waals surface area contributed by atoms with Gasteiger partial charge in [-0.3, -0.25) is 0 Å². The summed E-state index contributed by atoms with van der Waals surface area (Å²) < 4.78 is 0. The van der Waals surface area contributed by atoms with Crippen molar-refractivity contribution in [1.82, 2.24) is 9.97 Å². The summed E-state index contributed by atoms with van der Waals surface area (Å²) in [6.07, 6.45) is 0. The van der Waals surface area contributed by atoms with Gasteiger partial charge in [0.25, 0.3) is 0 Å². The molecule has 0 saturated heterocycles. The van der Waals surface area contributed by atoms with Crippen molar-refractivity contribution in [2.24, 2.45) is 0 Å². The van der Waals surface area contributed by atoms with E-state index in [0.29, 0.717) is 5.82 Å². The summed E-state index contributed by atoms with van der Waals surface area (Å²) in [6.45, 7) is 0. The first-order valence-electron chi connectivity index (χ1n) is 21.7. The van der Waals surface area contributed by atoms with E-state index in [0.717, 1.165) is 50.0 Å². The van der Waals surface area contributed by atoms with E-state index in [4.69, 9.17) is 9.97 Å². The van der Waals surface area contributed by atoms with Gasteiger partial charge in [-0.15, -0.1) is 0 Å². The topological polar surface area (TPSA) is 25.8 Å². The highest BCUT2D eigenvalue weighted by atomic mass is 14.9. The normalized spacial score (nSPS) is 12.6. The lowest BCUT2D eigenvalue weighted by atomic mass is 9.65. The van der Waals surface area contributed by atoms with Crippen molar-refractivity contribution in [3.8, 4) is 67.3 Å². The van der Waals surface area contributed by atoms with Crippen LogP contribution in [0.2, 0.25) is 0 Å². The molecule has 0 spiro atoms. The lowest BCUT2D eigenvalue weighted by Gasteiger charge is -2.36. The Morgan fingerprint density at radius 2 is 0.714 bits per heavy atom. The van der Waals surface area contributed by atoms with Crippen molar-refractivity contribution in [3.63, 3.8) is 0 Å². The SMILES string of the molecule is c1ccc(-c2cc(-c3ccccc3)nc(-c3ccc(-c4cccc(-c5cccc6c5C(c5ccccc5)(c5ccccc5)c5c-6ccc6ccccc56)c4)c4ccccc34)n2)cc1. The van der Waals surface area contributed by atoms with Crippen molar-refractivity contribution in [3.05, 3.63) is 265 Å². The molecule has 1 aromatic heterocycles. The first-order chi connectivity index (χ1) is 31.3. The molecule has 63 heavy (non-hydrogen) atoms. The van der Waals surface area contributed by atoms with Crippen LogP contribution in [0, 0.1) is 0 Å². The Bertz CT molecular complexity index is 3390. The van der Waals surface area contributed by atoms with Gasteiger partial charge in [0.1, 0.15) is 0 Å². The Morgan fingerprint density at radius 3 is 1.35 bits per heavy atom. The van der Waals surface area contributed by atoms with E-state index in [1.165, 1.54) is 55.3 Å². The Morgan fingerprint density at radius 1 is 0.270 bits per heavy atom. The van der Waals surface area contributed by atoms with Crippen LogP contribution in [-0.2, 0) is 5.41 Å². The maximum atomic E-state index is 5.23. The van der Waals surface area contributed by atoms with Gasteiger partial charge in [-0.1, -0.05) is 224 Å². The fraction of sp³-hybridized carbons (Fsp3) is 0.0164. The van der Waals surface area contributed by atoms with Crippen LogP contribution in [0.4, 0.5) is 0 Å². The Kier molecular flexibility index (Phi) is 8.76. The summed E-state index contributed by atoms with van der Waals surface area (Å²) in [5.74, 6) is 0.705. The molecule has 10 aromatic carbocycles. The van der Waals surface area contributed by atoms with Gasteiger partial charge < -0.3 is 0 Å². The second-order valence-corrected chi connectivity index (χ2v) is 16.4. The van der Waals surface area contributed by atoms with Gasteiger partial charge in [-0.25, -0.2) is 9.97 Å². The molecule has 0 aliphatic heterocycles. The average Bonchev–Trinajstić information content (AvgIpc) is 3.69. The van der Waals surface area contributed by atoms with E-state index in [2.05, 4.69) is 231 Å². The number of benzene rings is 10. The van der Waals surface area contributed by atoms with E-state index in [-0.39, 0.29) is 0 Å². The van der Waals surface area contributed by atoms with E-state index < -0.39 is 5.41 Å². The average molecular weight is 801 g/mol. The van der Waals surface area contributed by atoms with Crippen LogP contribution in [0.25, 0.3) is 88.8 Å². The summed E-state index contributed by atoms with van der Waals surface area (Å²) >= 11 is 0. The molecule has 2 heteroatoms. The van der Waals surface area contributed by atoms with E-state index in [1.54, 1.807) is 0 Å². The zero-order chi connectivity index (χ0) is 41.7. The van der Waals surface area contributed by atoms with Gasteiger partial charge in [0.05, 0.1) is 16.8 Å². The van der Waals surface area contributed by atoms with E-state index in [1.807, 2.05) is 12.1 Å². The lowest BCUT2D eigenvalue weighted by Crippen LogP contribution is -2.29. The number of rotatable bonds is 7. The van der Waals surface area contributed by atoms with Crippen molar-refractivity contribution in [1.29, 1.82) is 0 Å². The van der Waals surface area contributed by atoms with Gasteiger partial charge in [0, 0.05) is 16.7 Å². The molecule has 1 aliphatic rings. The van der Waals surface area contributed by atoms with Crippen molar-refractivity contribution >= 4 is 21.5 Å². The van der Waals surface area contributed by atoms with Gasteiger partial charge in [-0.05, 0) is 95.4 Å². The highest BCUT2D eigenvalue weighted by Crippen LogP contribution is 2.60. The fourth-order valence-corrected chi connectivity index (χ4v) is 10.2. The van der Waals surface area contributed by atoms with Crippen LogP contribution in [0.5, 0.6) is 0 Å². The van der Waals surface area contributed by atoms with E-state index >= 15 is 0 Å². The van der Waals surface area contributed by atoms with Crippen LogP contribution < -0.4 is 0 Å². The molecule has 0 saturated carbocycles. The smallest absolute Gasteiger partial charge is 0.161 e. The molecule has 11 aromatic rings. The Labute approximate surface area is 367 Å². The summed E-state index contributed by atoms with van der Waals surface area (Å²) in [5.41, 5.74) is 16.8. The minimum absolute atomic E-state index is 0.568. The monoisotopic (exact) mass is 800 g/mol. The molecule has 2 nitrogen and oxygen atoms in total. The van der Waals surface area contributed by atoms with Gasteiger partial charge in [0.2, 0.25) is 0 Å². The number of nitrogens with zero attached hydrogens (tertiary/aromatic N) is 2. The third kappa shape index (κ3) is 5.95. The summed E-state index contributed by atoms with van der Waals surface area (Å²) in [5, 5.41) is 4.79. The largest absolute Gasteiger partial charge is 0.228 e. The maximum Gasteiger partial charge on any atom is 0.161 e. The third-order valence-corrected chi connectivity index (χ3v) is 13.0. The first kappa shape index (κ1) is 36.6. The summed E-state index contributed by atoms with van der Waals surface area (Å²) in [6, 6.07) is 87.8. The minimum atomic E-state index is -0.568. The van der Waals surface area contributed by atoms with Crippen molar-refractivity contribution in [2.45, 2.75) is 5.41 Å². The first-order valence-corrected chi connectivity index (χ1v) is 21.7. The van der Waals surface area contributed by atoms with E-state index in [9.17, 15) is 0 Å². The molecule has 1 heterocycles. The van der Waals surface area contributed by atoms with Crippen molar-refractivity contribution < 1.29 is 0 Å². The predicted octanol–water partition coefficient (Wildman–Crippen LogP) is 15.5. The molecule has 12 rings (SSSR count). The Balaban J connectivity index is 1.06. The molecule has 0 atom stereocenters. The molecular weight excluding hydrogens is 761 g/mol. The molecule has 0 bridgehead atoms. The molecule has 0 radical (unpaired) electrons. The summed E-state index contributed by atoms with van der Waals surface area (Å²) in [4.78, 5) is 10.5. The minimum Gasteiger partial charge on any atom is -0.228 e. The van der Waals surface area contributed by atoms with Crippen LogP contribution in [-0.4, -0.2) is 9.97 Å².